The third kappa shape index (κ3) is 5.87. The van der Waals surface area contributed by atoms with Gasteiger partial charge in [0.25, 0.3) is 5.91 Å². The second-order valence-electron chi connectivity index (χ2n) is 6.31. The molecule has 6 nitrogen and oxygen atoms in total. The third-order valence-corrected chi connectivity index (χ3v) is 3.82. The van der Waals surface area contributed by atoms with Crippen LogP contribution < -0.4 is 5.32 Å². The molecule has 0 bridgehead atoms. The Kier molecular flexibility index (Phi) is 6.81. The molecular weight excluding hydrogens is 370 g/mol. The minimum Gasteiger partial charge on any atom is -0.449 e. The van der Waals surface area contributed by atoms with Crippen LogP contribution in [0.5, 0.6) is 0 Å². The van der Waals surface area contributed by atoms with Crippen LogP contribution in [-0.4, -0.2) is 42.4 Å². The summed E-state index contributed by atoms with van der Waals surface area (Å²) in [5, 5.41) is 2.65. The van der Waals surface area contributed by atoms with Gasteiger partial charge in [-0.05, 0) is 38.1 Å². The van der Waals surface area contributed by atoms with Gasteiger partial charge in [-0.3, -0.25) is 9.59 Å². The standard InChI is InChI=1S/C20H20F2N2O4/c1-12-4-6-17(7-5-12)23-18(25)11-24(3)19(26)13(2)28-20(27)14-8-15(21)10-16(22)9-14/h4-10,13H,11H2,1-3H3,(H,23,25)/t13-/m0/s1. The number of hydrogen-bond donors (Lipinski definition) is 1. The lowest BCUT2D eigenvalue weighted by atomic mass is 10.2. The van der Waals surface area contributed by atoms with Crippen LogP contribution >= 0.6 is 0 Å². The number of carbonyl (C=O) groups is 3. The van der Waals surface area contributed by atoms with Crippen LogP contribution in [0.4, 0.5) is 14.5 Å². The number of likely N-dealkylation sites (N-methyl/N-ethyl adjacent to an activating group) is 1. The average Bonchev–Trinajstić information content (AvgIpc) is 2.61. The topological polar surface area (TPSA) is 75.7 Å². The first kappa shape index (κ1) is 21.0. The number of rotatable bonds is 6. The Labute approximate surface area is 161 Å². The second-order valence-corrected chi connectivity index (χ2v) is 6.31. The number of ether oxygens (including phenoxy) is 1. The molecule has 2 aromatic rings. The lowest BCUT2D eigenvalue weighted by Gasteiger charge is -2.21. The summed E-state index contributed by atoms with van der Waals surface area (Å²) < 4.78 is 31.3. The smallest absolute Gasteiger partial charge is 0.339 e. The maximum Gasteiger partial charge on any atom is 0.339 e. The maximum absolute atomic E-state index is 13.2. The van der Waals surface area contributed by atoms with Gasteiger partial charge in [-0.1, -0.05) is 17.7 Å². The summed E-state index contributed by atoms with van der Waals surface area (Å²) in [4.78, 5) is 37.4. The van der Waals surface area contributed by atoms with Gasteiger partial charge in [0.1, 0.15) is 11.6 Å². The van der Waals surface area contributed by atoms with E-state index >= 15 is 0 Å². The van der Waals surface area contributed by atoms with Gasteiger partial charge < -0.3 is 15.0 Å². The molecular formula is C20H20F2N2O4. The first-order valence-electron chi connectivity index (χ1n) is 8.44. The Morgan fingerprint density at radius 3 is 2.21 bits per heavy atom. The monoisotopic (exact) mass is 390 g/mol. The number of halogens is 2. The van der Waals surface area contributed by atoms with Gasteiger partial charge in [-0.15, -0.1) is 0 Å². The Morgan fingerprint density at radius 2 is 1.64 bits per heavy atom. The summed E-state index contributed by atoms with van der Waals surface area (Å²) in [5.74, 6) is -3.97. The van der Waals surface area contributed by atoms with Crippen molar-refractivity contribution in [2.75, 3.05) is 18.9 Å². The molecule has 0 spiro atoms. The van der Waals surface area contributed by atoms with Gasteiger partial charge in [-0.25, -0.2) is 13.6 Å². The van der Waals surface area contributed by atoms with Gasteiger partial charge in [0.05, 0.1) is 12.1 Å². The Morgan fingerprint density at radius 1 is 1.07 bits per heavy atom. The average molecular weight is 390 g/mol. The largest absolute Gasteiger partial charge is 0.449 e. The molecule has 0 aliphatic carbocycles. The van der Waals surface area contributed by atoms with E-state index in [-0.39, 0.29) is 12.1 Å². The second kappa shape index (κ2) is 9.07. The highest BCUT2D eigenvalue weighted by atomic mass is 19.1. The Balaban J connectivity index is 1.91. The molecule has 0 heterocycles. The molecule has 2 rings (SSSR count). The first-order chi connectivity index (χ1) is 13.2. The van der Waals surface area contributed by atoms with Crippen molar-refractivity contribution in [3.8, 4) is 0 Å². The van der Waals surface area contributed by atoms with Crippen LogP contribution in [0.15, 0.2) is 42.5 Å². The van der Waals surface area contributed by atoms with Crippen molar-refractivity contribution in [1.82, 2.24) is 4.90 Å². The van der Waals surface area contributed by atoms with Crippen LogP contribution in [0, 0.1) is 18.6 Å². The van der Waals surface area contributed by atoms with E-state index in [1.54, 1.807) is 12.1 Å². The number of carbonyl (C=O) groups excluding carboxylic acids is 3. The van der Waals surface area contributed by atoms with Crippen LogP contribution in [0.1, 0.15) is 22.8 Å². The number of anilines is 1. The summed E-state index contributed by atoms with van der Waals surface area (Å²) in [6.45, 7) is 2.96. The van der Waals surface area contributed by atoms with E-state index in [9.17, 15) is 23.2 Å². The van der Waals surface area contributed by atoms with Crippen molar-refractivity contribution in [2.45, 2.75) is 20.0 Å². The molecule has 2 aromatic carbocycles. The number of nitrogens with zero attached hydrogens (tertiary/aromatic N) is 1. The van der Waals surface area contributed by atoms with Gasteiger partial charge in [-0.2, -0.15) is 0 Å². The van der Waals surface area contributed by atoms with Gasteiger partial charge in [0.15, 0.2) is 6.10 Å². The van der Waals surface area contributed by atoms with E-state index in [0.29, 0.717) is 11.8 Å². The Hall–Kier alpha value is -3.29. The molecule has 148 valence electrons. The van der Waals surface area contributed by atoms with E-state index in [0.717, 1.165) is 22.6 Å². The van der Waals surface area contributed by atoms with E-state index in [1.165, 1.54) is 14.0 Å². The van der Waals surface area contributed by atoms with Crippen molar-refractivity contribution < 1.29 is 27.9 Å². The highest BCUT2D eigenvalue weighted by molar-refractivity contribution is 5.96. The molecule has 0 saturated heterocycles. The number of aryl methyl sites for hydroxylation is 1. The fourth-order valence-corrected chi connectivity index (χ4v) is 2.39. The summed E-state index contributed by atoms with van der Waals surface area (Å²) >= 11 is 0. The molecule has 28 heavy (non-hydrogen) atoms. The minimum atomic E-state index is -1.24. The number of amides is 2. The summed E-state index contributed by atoms with van der Waals surface area (Å²) in [5.41, 5.74) is 1.28. The van der Waals surface area contributed by atoms with Crippen molar-refractivity contribution >= 4 is 23.5 Å². The van der Waals surface area contributed by atoms with Gasteiger partial charge in [0, 0.05) is 18.8 Å². The molecule has 0 aliphatic heterocycles. The van der Waals surface area contributed by atoms with Crippen LogP contribution in [0.3, 0.4) is 0 Å². The fourth-order valence-electron chi connectivity index (χ4n) is 2.39. The normalized spacial score (nSPS) is 11.5. The number of esters is 1. The summed E-state index contributed by atoms with van der Waals surface area (Å²) in [6.07, 6.45) is -1.24. The van der Waals surface area contributed by atoms with Crippen molar-refractivity contribution in [2.24, 2.45) is 0 Å². The quantitative estimate of drug-likeness (QED) is 0.770. The third-order valence-electron chi connectivity index (χ3n) is 3.82. The van der Waals surface area contributed by atoms with Crippen LogP contribution in [-0.2, 0) is 14.3 Å². The van der Waals surface area contributed by atoms with E-state index in [4.69, 9.17) is 4.74 Å². The van der Waals surface area contributed by atoms with Crippen molar-refractivity contribution in [3.63, 3.8) is 0 Å². The lowest BCUT2D eigenvalue weighted by molar-refractivity contribution is -0.140. The molecule has 1 N–H and O–H groups in total. The van der Waals surface area contributed by atoms with E-state index in [1.807, 2.05) is 19.1 Å². The minimum absolute atomic E-state index is 0.261. The highest BCUT2D eigenvalue weighted by Gasteiger charge is 2.24. The zero-order valence-electron chi connectivity index (χ0n) is 15.7. The fraction of sp³-hybridized carbons (Fsp3) is 0.250. The van der Waals surface area contributed by atoms with Gasteiger partial charge in [0.2, 0.25) is 5.91 Å². The number of hydrogen-bond acceptors (Lipinski definition) is 4. The number of benzene rings is 2. The predicted octanol–water partition coefficient (Wildman–Crippen LogP) is 2.92. The van der Waals surface area contributed by atoms with Crippen LogP contribution in [0.2, 0.25) is 0 Å². The SMILES string of the molecule is Cc1ccc(NC(=O)CN(C)C(=O)[C@H](C)OC(=O)c2cc(F)cc(F)c2)cc1. The summed E-state index contributed by atoms with van der Waals surface area (Å²) in [7, 11) is 1.38. The van der Waals surface area contributed by atoms with Crippen molar-refractivity contribution in [3.05, 3.63) is 65.2 Å². The number of nitrogens with one attached hydrogen (secondary N) is 1. The zero-order valence-corrected chi connectivity index (χ0v) is 15.7. The lowest BCUT2D eigenvalue weighted by Crippen LogP contribution is -2.41. The molecule has 0 aliphatic rings. The molecule has 2 amide bonds. The molecule has 0 radical (unpaired) electrons. The molecule has 0 saturated carbocycles. The first-order valence-corrected chi connectivity index (χ1v) is 8.44. The zero-order chi connectivity index (χ0) is 20.8. The van der Waals surface area contributed by atoms with Crippen LogP contribution in [0.25, 0.3) is 0 Å². The predicted molar refractivity (Wildman–Crippen MR) is 98.7 cm³/mol. The van der Waals surface area contributed by atoms with Gasteiger partial charge >= 0.3 is 5.97 Å². The molecule has 1 atom stereocenters. The van der Waals surface area contributed by atoms with E-state index < -0.39 is 35.5 Å². The molecule has 0 unspecified atom stereocenters. The molecule has 8 heteroatoms. The molecule has 0 fully saturated rings. The maximum atomic E-state index is 13.2. The Bertz CT molecular complexity index is 864. The molecule has 0 aromatic heterocycles. The highest BCUT2D eigenvalue weighted by Crippen LogP contribution is 2.12. The van der Waals surface area contributed by atoms with E-state index in [2.05, 4.69) is 5.32 Å². The summed E-state index contributed by atoms with van der Waals surface area (Å²) in [6, 6.07) is 9.37. The van der Waals surface area contributed by atoms with Crippen molar-refractivity contribution in [1.29, 1.82) is 0 Å².